The Kier molecular flexibility index (Phi) is 22.1. The van der Waals surface area contributed by atoms with E-state index in [0.717, 1.165) is 47.9 Å². The largest absolute Gasteiger partial charge is 0.496 e. The molecule has 404 valence electrons. The van der Waals surface area contributed by atoms with Gasteiger partial charge in [0.05, 0.1) is 37.7 Å². The summed E-state index contributed by atoms with van der Waals surface area (Å²) in [5, 5.41) is 16.7. The molecule has 2 N–H and O–H groups in total. The topological polar surface area (TPSA) is 208 Å². The predicted octanol–water partition coefficient (Wildman–Crippen LogP) is 12.1. The van der Waals surface area contributed by atoms with E-state index in [2.05, 4.69) is 32.5 Å². The number of unbranched alkanes of at least 4 members (excludes halogenated alkanes) is 12. The second-order valence-corrected chi connectivity index (χ2v) is 19.3. The maximum atomic E-state index is 13.7. The number of esters is 1. The van der Waals surface area contributed by atoms with Crippen LogP contribution >= 0.6 is 0 Å². The smallest absolute Gasteiger partial charge is 0.412 e. The third-order valence-electron chi connectivity index (χ3n) is 13.8. The summed E-state index contributed by atoms with van der Waals surface area (Å²) >= 11 is 0. The number of nitrogens with one attached hydrogen (secondary N) is 2. The van der Waals surface area contributed by atoms with Crippen LogP contribution in [0.15, 0.2) is 122 Å². The fraction of sp³-hybridized carbons (Fsp3) is 0.458. The number of para-hydroxylation sites is 1. The van der Waals surface area contributed by atoms with Crippen molar-refractivity contribution in [3.05, 3.63) is 154 Å². The monoisotopic (exact) mass is 1040 g/mol. The predicted molar refractivity (Wildman–Crippen MR) is 290 cm³/mol. The molecule has 1 aliphatic rings. The van der Waals surface area contributed by atoms with Gasteiger partial charge in [-0.25, -0.2) is 19.7 Å². The Bertz CT molecular complexity index is 2700. The normalized spacial score (nSPS) is 15.3. The lowest BCUT2D eigenvalue weighted by molar-refractivity contribution is -0.384. The van der Waals surface area contributed by atoms with E-state index in [1.807, 2.05) is 84.9 Å². The fourth-order valence-electron chi connectivity index (χ4n) is 9.77. The summed E-state index contributed by atoms with van der Waals surface area (Å²) in [4.78, 5) is 63.2. The van der Waals surface area contributed by atoms with E-state index in [4.69, 9.17) is 23.7 Å². The van der Waals surface area contributed by atoms with Crippen molar-refractivity contribution in [2.75, 3.05) is 32.2 Å². The number of benzene rings is 4. The average molecular weight is 1040 g/mol. The Labute approximate surface area is 445 Å². The van der Waals surface area contributed by atoms with Crippen molar-refractivity contribution >= 4 is 40.6 Å². The Balaban J connectivity index is 0.995. The molecule has 4 aromatic carbocycles. The van der Waals surface area contributed by atoms with Gasteiger partial charge in [-0.1, -0.05) is 169 Å². The number of non-ortho nitro benzene ring substituents is 1. The van der Waals surface area contributed by atoms with Crippen LogP contribution in [0.4, 0.5) is 16.3 Å². The minimum absolute atomic E-state index is 0.00167. The van der Waals surface area contributed by atoms with Crippen LogP contribution in [0.2, 0.25) is 0 Å². The van der Waals surface area contributed by atoms with Gasteiger partial charge in [0.2, 0.25) is 5.91 Å². The molecule has 0 radical (unpaired) electrons. The van der Waals surface area contributed by atoms with E-state index in [9.17, 15) is 24.5 Å². The van der Waals surface area contributed by atoms with Crippen molar-refractivity contribution in [1.29, 1.82) is 0 Å². The summed E-state index contributed by atoms with van der Waals surface area (Å²) in [6, 6.07) is 33.7. The number of fused-ring (bicyclic) bond motifs is 1. The molecule has 0 spiro atoms. The van der Waals surface area contributed by atoms with E-state index < -0.39 is 41.0 Å². The van der Waals surface area contributed by atoms with Crippen LogP contribution in [0.1, 0.15) is 145 Å². The number of carbonyl (C=O) groups is 3. The van der Waals surface area contributed by atoms with Crippen molar-refractivity contribution in [1.82, 2.24) is 24.8 Å². The molecule has 2 amide bonds. The Morgan fingerprint density at radius 3 is 2.07 bits per heavy atom. The second-order valence-electron chi connectivity index (χ2n) is 19.3. The van der Waals surface area contributed by atoms with Crippen LogP contribution in [0.3, 0.4) is 0 Å². The maximum Gasteiger partial charge on any atom is 0.412 e. The molecule has 7 rings (SSSR count). The van der Waals surface area contributed by atoms with Crippen molar-refractivity contribution in [2.45, 2.75) is 147 Å². The van der Waals surface area contributed by atoms with Gasteiger partial charge < -0.3 is 29.0 Å². The Morgan fingerprint density at radius 1 is 0.763 bits per heavy atom. The first-order valence-electron chi connectivity index (χ1n) is 27.0. The molecule has 17 nitrogen and oxygen atoms in total. The lowest BCUT2D eigenvalue weighted by atomic mass is 9.79. The van der Waals surface area contributed by atoms with Gasteiger partial charge in [0, 0.05) is 49.9 Å². The van der Waals surface area contributed by atoms with Crippen molar-refractivity contribution in [2.24, 2.45) is 0 Å². The molecule has 17 heteroatoms. The van der Waals surface area contributed by atoms with E-state index >= 15 is 0 Å². The van der Waals surface area contributed by atoms with Crippen molar-refractivity contribution < 1.29 is 43.0 Å². The Morgan fingerprint density at radius 2 is 1.39 bits per heavy atom. The maximum absolute atomic E-state index is 13.7. The number of hydrogen-bond donors (Lipinski definition) is 2. The molecule has 0 saturated carbocycles. The number of nitrogens with zero attached hydrogens (tertiary/aromatic N) is 5. The standard InChI is InChI=1S/C59H73N7O10/c1-3-4-5-6-7-8-9-10-11-12-20-31-52(67)60-38-24-15-21-32-53(68)76-51-40-48(41-74-59(45-25-16-13-17-26-45,46-27-18-14-19-28-46)49-29-22-23-30-50(49)72-2)75-57(51)65-43-63-54-55(61-42-62-56(54)65)64-58(69)73-39-37-44-33-35-47(36-34-44)66(70)71/h13-14,16-19,22-23,25-30,33-36,42-43,48,51,57H,3-12,15,20-21,24,31-32,37-41H2,1-2H3,(H,60,67)(H,61,62,64,69)/t48-,51+,57+/m0/s1. The van der Waals surface area contributed by atoms with E-state index in [-0.39, 0.29) is 49.0 Å². The third-order valence-corrected chi connectivity index (χ3v) is 13.8. The number of ether oxygens (including phenoxy) is 5. The first-order chi connectivity index (χ1) is 37.2. The molecular formula is C59H73N7O10. The van der Waals surface area contributed by atoms with Gasteiger partial charge in [-0.2, -0.15) is 0 Å². The highest BCUT2D eigenvalue weighted by atomic mass is 16.6. The van der Waals surface area contributed by atoms with Gasteiger partial charge >= 0.3 is 12.1 Å². The molecule has 1 fully saturated rings. The number of nitro benzene ring substituents is 1. The summed E-state index contributed by atoms with van der Waals surface area (Å²) in [7, 11) is 1.63. The summed E-state index contributed by atoms with van der Waals surface area (Å²) in [5.41, 5.74) is 2.66. The first-order valence-corrected chi connectivity index (χ1v) is 27.0. The molecule has 0 unspecified atom stereocenters. The minimum Gasteiger partial charge on any atom is -0.496 e. The third kappa shape index (κ3) is 15.9. The van der Waals surface area contributed by atoms with Gasteiger partial charge in [0.25, 0.3) is 5.69 Å². The van der Waals surface area contributed by atoms with Gasteiger partial charge in [-0.3, -0.25) is 29.6 Å². The number of imidazole rings is 1. The first kappa shape index (κ1) is 56.5. The lowest BCUT2D eigenvalue weighted by Gasteiger charge is -2.37. The number of hydrogen-bond acceptors (Lipinski definition) is 13. The lowest BCUT2D eigenvalue weighted by Crippen LogP contribution is -2.36. The van der Waals surface area contributed by atoms with Crippen LogP contribution in [0, 0.1) is 10.1 Å². The number of rotatable bonds is 32. The molecule has 0 bridgehead atoms. The molecule has 76 heavy (non-hydrogen) atoms. The number of anilines is 1. The highest BCUT2D eigenvalue weighted by Crippen LogP contribution is 2.45. The fourth-order valence-corrected chi connectivity index (χ4v) is 9.77. The van der Waals surface area contributed by atoms with Crippen LogP contribution in [0.5, 0.6) is 5.75 Å². The molecular weight excluding hydrogens is 967 g/mol. The van der Waals surface area contributed by atoms with Crippen LogP contribution < -0.4 is 15.4 Å². The molecule has 1 saturated heterocycles. The highest BCUT2D eigenvalue weighted by molar-refractivity contribution is 5.93. The Hall–Kier alpha value is -7.24. The van der Waals surface area contributed by atoms with Gasteiger partial charge in [-0.05, 0) is 42.0 Å². The highest BCUT2D eigenvalue weighted by Gasteiger charge is 2.45. The molecule has 3 heterocycles. The number of nitro groups is 1. The summed E-state index contributed by atoms with van der Waals surface area (Å²) in [6.07, 6.45) is 16.7. The van der Waals surface area contributed by atoms with E-state index in [0.29, 0.717) is 37.2 Å². The summed E-state index contributed by atoms with van der Waals surface area (Å²) in [6.45, 7) is 2.87. The van der Waals surface area contributed by atoms with Crippen LogP contribution in [-0.4, -0.2) is 81.5 Å². The zero-order chi connectivity index (χ0) is 53.4. The van der Waals surface area contributed by atoms with Gasteiger partial charge in [0.15, 0.2) is 23.2 Å². The zero-order valence-electron chi connectivity index (χ0n) is 43.9. The minimum atomic E-state index is -1.15. The molecule has 3 atom stereocenters. The van der Waals surface area contributed by atoms with Crippen LogP contribution in [-0.2, 0) is 40.6 Å². The quantitative estimate of drug-likeness (QED) is 0.0133. The molecule has 0 aliphatic carbocycles. The molecule has 1 aliphatic heterocycles. The van der Waals surface area contributed by atoms with Gasteiger partial charge in [0.1, 0.15) is 23.8 Å². The molecule has 2 aromatic heterocycles. The number of aromatic nitrogens is 4. The second kappa shape index (κ2) is 29.7. The molecule has 6 aromatic rings. The summed E-state index contributed by atoms with van der Waals surface area (Å²) < 4.78 is 33.4. The zero-order valence-corrected chi connectivity index (χ0v) is 43.9. The number of amides is 2. The van der Waals surface area contributed by atoms with E-state index in [1.54, 1.807) is 23.8 Å². The number of carbonyl (C=O) groups excluding carboxylic acids is 3. The van der Waals surface area contributed by atoms with Gasteiger partial charge in [-0.15, -0.1) is 0 Å². The van der Waals surface area contributed by atoms with Crippen LogP contribution in [0.25, 0.3) is 11.2 Å². The van der Waals surface area contributed by atoms with Crippen molar-refractivity contribution in [3.63, 3.8) is 0 Å². The number of methoxy groups -OCH3 is 1. The SMILES string of the molecule is CCCCCCCCCCCCCC(=O)NCCCCCC(=O)O[C@@H]1C[C@@H](COC(c2ccccc2)(c2ccccc2)c2ccccc2OC)O[C@H]1n1cnc2c(NC(=O)OCCc3ccc([N+](=O)[O-])cc3)ncnc21. The summed E-state index contributed by atoms with van der Waals surface area (Å²) in [5.74, 6) is 0.408. The van der Waals surface area contributed by atoms with E-state index in [1.165, 1.54) is 82.6 Å². The van der Waals surface area contributed by atoms with Crippen molar-refractivity contribution in [3.8, 4) is 5.75 Å². The average Bonchev–Trinajstić information content (AvgIpc) is 4.11.